The molecule has 28 heavy (non-hydrogen) atoms. The summed E-state index contributed by atoms with van der Waals surface area (Å²) >= 11 is 3.39. The molecule has 0 spiro atoms. The standard InChI is InChI=1S/C21H24BrN3O3/c1-12(2)25-13(3)9-17(14(25)4)18(26)11-24-19(27)21(5,23-20(24)28)15-7-6-8-16(22)10-15/h6-10,12H,11H2,1-5H3,(H,23,28). The molecule has 1 aliphatic rings. The van der Waals surface area contributed by atoms with Crippen LogP contribution in [0.1, 0.15) is 54.1 Å². The Kier molecular flexibility index (Phi) is 5.23. The molecule has 3 amide bonds. The van der Waals surface area contributed by atoms with Crippen LogP contribution in [0, 0.1) is 13.8 Å². The van der Waals surface area contributed by atoms with E-state index in [0.29, 0.717) is 11.1 Å². The van der Waals surface area contributed by atoms with Crippen LogP contribution in [-0.2, 0) is 10.3 Å². The molecule has 1 fully saturated rings. The Morgan fingerprint density at radius 3 is 2.46 bits per heavy atom. The fourth-order valence-electron chi connectivity index (χ4n) is 3.92. The SMILES string of the molecule is Cc1cc(C(=O)CN2C(=O)NC(C)(c3cccc(Br)c3)C2=O)c(C)n1C(C)C. The summed E-state index contributed by atoms with van der Waals surface area (Å²) in [5, 5.41) is 2.74. The number of urea groups is 1. The van der Waals surface area contributed by atoms with E-state index in [-0.39, 0.29) is 18.4 Å². The van der Waals surface area contributed by atoms with E-state index >= 15 is 0 Å². The van der Waals surface area contributed by atoms with E-state index in [1.54, 1.807) is 25.1 Å². The number of hydrogen-bond donors (Lipinski definition) is 1. The number of nitrogens with zero attached hydrogens (tertiary/aromatic N) is 2. The molecule has 1 aromatic carbocycles. The first kappa shape index (κ1) is 20.3. The predicted molar refractivity (Wildman–Crippen MR) is 110 cm³/mol. The number of nitrogens with one attached hydrogen (secondary N) is 1. The molecule has 6 nitrogen and oxygen atoms in total. The molecule has 1 aromatic heterocycles. The number of ketones is 1. The van der Waals surface area contributed by atoms with E-state index in [4.69, 9.17) is 0 Å². The number of benzene rings is 1. The van der Waals surface area contributed by atoms with Crippen LogP contribution in [0.4, 0.5) is 4.79 Å². The van der Waals surface area contributed by atoms with Crippen molar-refractivity contribution in [2.24, 2.45) is 0 Å². The Bertz CT molecular complexity index is 979. The summed E-state index contributed by atoms with van der Waals surface area (Å²) in [6.45, 7) is 9.31. The number of rotatable bonds is 5. The largest absolute Gasteiger partial charge is 0.346 e. The van der Waals surface area contributed by atoms with Crippen molar-refractivity contribution >= 4 is 33.7 Å². The quantitative estimate of drug-likeness (QED) is 0.556. The highest BCUT2D eigenvalue weighted by Crippen LogP contribution is 2.31. The van der Waals surface area contributed by atoms with Gasteiger partial charge in [0.1, 0.15) is 5.54 Å². The zero-order valence-electron chi connectivity index (χ0n) is 16.7. The van der Waals surface area contributed by atoms with Gasteiger partial charge in [0.25, 0.3) is 5.91 Å². The number of hydrogen-bond acceptors (Lipinski definition) is 3. The predicted octanol–water partition coefficient (Wildman–Crippen LogP) is 4.10. The minimum atomic E-state index is -1.20. The van der Waals surface area contributed by atoms with E-state index in [1.807, 2.05) is 26.0 Å². The Morgan fingerprint density at radius 1 is 1.21 bits per heavy atom. The third kappa shape index (κ3) is 3.28. The number of amides is 3. The van der Waals surface area contributed by atoms with E-state index < -0.39 is 17.5 Å². The van der Waals surface area contributed by atoms with Crippen molar-refractivity contribution < 1.29 is 14.4 Å². The summed E-state index contributed by atoms with van der Waals surface area (Å²) in [7, 11) is 0. The van der Waals surface area contributed by atoms with Gasteiger partial charge in [-0.05, 0) is 58.4 Å². The normalized spacial score (nSPS) is 19.5. The summed E-state index contributed by atoms with van der Waals surface area (Å²) in [4.78, 5) is 39.5. The van der Waals surface area contributed by atoms with Crippen LogP contribution in [0.15, 0.2) is 34.8 Å². The van der Waals surface area contributed by atoms with Crippen molar-refractivity contribution in [1.82, 2.24) is 14.8 Å². The first-order chi connectivity index (χ1) is 13.1. The van der Waals surface area contributed by atoms with Crippen LogP contribution in [-0.4, -0.2) is 33.7 Å². The monoisotopic (exact) mass is 445 g/mol. The first-order valence-corrected chi connectivity index (χ1v) is 9.97. The summed E-state index contributed by atoms with van der Waals surface area (Å²) < 4.78 is 2.88. The molecule has 1 aliphatic heterocycles. The van der Waals surface area contributed by atoms with Crippen molar-refractivity contribution in [3.63, 3.8) is 0 Å². The van der Waals surface area contributed by atoms with Crippen LogP contribution in [0.3, 0.4) is 0 Å². The molecule has 2 heterocycles. The maximum absolute atomic E-state index is 13.1. The van der Waals surface area contributed by atoms with E-state index in [2.05, 4.69) is 39.7 Å². The zero-order chi connectivity index (χ0) is 20.8. The van der Waals surface area contributed by atoms with Crippen LogP contribution >= 0.6 is 15.9 Å². The topological polar surface area (TPSA) is 71.4 Å². The van der Waals surface area contributed by atoms with Gasteiger partial charge in [0.2, 0.25) is 0 Å². The van der Waals surface area contributed by atoms with Gasteiger partial charge < -0.3 is 9.88 Å². The van der Waals surface area contributed by atoms with Gasteiger partial charge in [-0.25, -0.2) is 4.79 Å². The Labute approximate surface area is 173 Å². The number of aryl methyl sites for hydroxylation is 1. The van der Waals surface area contributed by atoms with Gasteiger partial charge in [0.05, 0.1) is 6.54 Å². The molecule has 1 N–H and O–H groups in total. The van der Waals surface area contributed by atoms with Crippen molar-refractivity contribution in [3.8, 4) is 0 Å². The third-order valence-electron chi connectivity index (χ3n) is 5.28. The third-order valence-corrected chi connectivity index (χ3v) is 5.77. The van der Waals surface area contributed by atoms with Crippen molar-refractivity contribution in [1.29, 1.82) is 0 Å². The Hall–Kier alpha value is -2.41. The minimum absolute atomic E-state index is 0.220. The lowest BCUT2D eigenvalue weighted by Gasteiger charge is -2.22. The molecule has 0 saturated carbocycles. The average molecular weight is 446 g/mol. The molecule has 0 radical (unpaired) electrons. The highest BCUT2D eigenvalue weighted by molar-refractivity contribution is 9.10. The molecule has 148 valence electrons. The van der Waals surface area contributed by atoms with E-state index in [9.17, 15) is 14.4 Å². The number of halogens is 1. The number of Topliss-reactive ketones (excluding diaryl/α,β-unsaturated/α-hetero) is 1. The molecule has 0 bridgehead atoms. The summed E-state index contributed by atoms with van der Waals surface area (Å²) in [5.41, 5.74) is 1.83. The number of aromatic nitrogens is 1. The zero-order valence-corrected chi connectivity index (χ0v) is 18.3. The lowest BCUT2D eigenvalue weighted by molar-refractivity contribution is -0.130. The molecule has 1 saturated heterocycles. The molecular weight excluding hydrogens is 422 g/mol. The maximum atomic E-state index is 13.1. The molecule has 2 aromatic rings. The average Bonchev–Trinajstić information content (AvgIpc) is 3.03. The van der Waals surface area contributed by atoms with Gasteiger partial charge >= 0.3 is 6.03 Å². The smallest absolute Gasteiger partial charge is 0.325 e. The van der Waals surface area contributed by atoms with Gasteiger partial charge in [0, 0.05) is 27.5 Å². The van der Waals surface area contributed by atoms with Crippen molar-refractivity contribution in [2.45, 2.75) is 46.2 Å². The number of imide groups is 1. The van der Waals surface area contributed by atoms with E-state index in [1.165, 1.54) is 0 Å². The Balaban J connectivity index is 1.87. The highest BCUT2D eigenvalue weighted by atomic mass is 79.9. The van der Waals surface area contributed by atoms with E-state index in [0.717, 1.165) is 20.8 Å². The minimum Gasteiger partial charge on any atom is -0.346 e. The fraction of sp³-hybridized carbons (Fsp3) is 0.381. The second-order valence-electron chi connectivity index (χ2n) is 7.63. The summed E-state index contributed by atoms with van der Waals surface area (Å²) in [5.74, 6) is -0.677. The summed E-state index contributed by atoms with van der Waals surface area (Å²) in [6.07, 6.45) is 0. The van der Waals surface area contributed by atoms with Crippen LogP contribution in [0.25, 0.3) is 0 Å². The lowest BCUT2D eigenvalue weighted by Crippen LogP contribution is -2.41. The highest BCUT2D eigenvalue weighted by Gasteiger charge is 2.49. The van der Waals surface area contributed by atoms with Crippen LogP contribution < -0.4 is 5.32 Å². The number of carbonyl (C=O) groups is 3. The second-order valence-corrected chi connectivity index (χ2v) is 8.54. The second kappa shape index (κ2) is 7.20. The van der Waals surface area contributed by atoms with Crippen molar-refractivity contribution in [2.75, 3.05) is 6.54 Å². The number of carbonyl (C=O) groups excluding carboxylic acids is 3. The van der Waals surface area contributed by atoms with Gasteiger partial charge in [0.15, 0.2) is 5.78 Å². The van der Waals surface area contributed by atoms with Crippen molar-refractivity contribution in [3.05, 3.63) is 57.3 Å². The van der Waals surface area contributed by atoms with Crippen LogP contribution in [0.2, 0.25) is 0 Å². The first-order valence-electron chi connectivity index (χ1n) is 9.18. The molecule has 7 heteroatoms. The summed E-state index contributed by atoms with van der Waals surface area (Å²) in [6, 6.07) is 8.71. The van der Waals surface area contributed by atoms with Gasteiger partial charge in [-0.2, -0.15) is 0 Å². The maximum Gasteiger partial charge on any atom is 0.325 e. The molecule has 0 aliphatic carbocycles. The van der Waals surface area contributed by atoms with Gasteiger partial charge in [-0.3, -0.25) is 14.5 Å². The molecule has 1 unspecified atom stereocenters. The van der Waals surface area contributed by atoms with Crippen LogP contribution in [0.5, 0.6) is 0 Å². The van der Waals surface area contributed by atoms with Gasteiger partial charge in [-0.1, -0.05) is 28.1 Å². The molecule has 3 rings (SSSR count). The van der Waals surface area contributed by atoms with Gasteiger partial charge in [-0.15, -0.1) is 0 Å². The molecule has 1 atom stereocenters. The fourth-order valence-corrected chi connectivity index (χ4v) is 4.32. The lowest BCUT2D eigenvalue weighted by atomic mass is 9.92. The Morgan fingerprint density at radius 2 is 1.89 bits per heavy atom. The molecular formula is C21H24BrN3O3.